The zero-order valence-corrected chi connectivity index (χ0v) is 9.36. The van der Waals surface area contributed by atoms with Crippen molar-refractivity contribution in [3.8, 4) is 11.5 Å². The fourth-order valence-electron chi connectivity index (χ4n) is 1.07. The average Bonchev–Trinajstić information content (AvgIpc) is 2.28. The summed E-state index contributed by atoms with van der Waals surface area (Å²) in [6.45, 7) is 2.58. The van der Waals surface area contributed by atoms with Crippen molar-refractivity contribution in [3.63, 3.8) is 0 Å². The molecule has 1 amide bonds. The molecule has 5 heteroatoms. The SMILES string of the molecule is CCCOc1ccccc1OC(=O)NOC. The van der Waals surface area contributed by atoms with Crippen LogP contribution in [0.2, 0.25) is 0 Å². The number of carbonyl (C=O) groups is 1. The summed E-state index contributed by atoms with van der Waals surface area (Å²) in [5.41, 5.74) is 2.06. The molecular formula is C11H15NO4. The van der Waals surface area contributed by atoms with Gasteiger partial charge in [0.1, 0.15) is 0 Å². The lowest BCUT2D eigenvalue weighted by Crippen LogP contribution is -2.25. The topological polar surface area (TPSA) is 56.8 Å². The molecule has 0 bridgehead atoms. The van der Waals surface area contributed by atoms with Crippen molar-refractivity contribution in [2.45, 2.75) is 13.3 Å². The minimum absolute atomic E-state index is 0.366. The van der Waals surface area contributed by atoms with Crippen molar-refractivity contribution in [3.05, 3.63) is 24.3 Å². The van der Waals surface area contributed by atoms with Crippen LogP contribution in [0.5, 0.6) is 11.5 Å². The van der Waals surface area contributed by atoms with Gasteiger partial charge in [0.15, 0.2) is 11.5 Å². The molecule has 0 aliphatic heterocycles. The van der Waals surface area contributed by atoms with Crippen molar-refractivity contribution in [2.75, 3.05) is 13.7 Å². The summed E-state index contributed by atoms with van der Waals surface area (Å²) in [6, 6.07) is 6.96. The molecule has 0 atom stereocenters. The summed E-state index contributed by atoms with van der Waals surface area (Å²) in [4.78, 5) is 15.6. The molecule has 0 aliphatic rings. The highest BCUT2D eigenvalue weighted by atomic mass is 16.7. The molecule has 0 aromatic heterocycles. The lowest BCUT2D eigenvalue weighted by atomic mass is 10.3. The number of hydrogen-bond donors (Lipinski definition) is 1. The molecule has 0 fully saturated rings. The van der Waals surface area contributed by atoms with Crippen LogP contribution in [0.1, 0.15) is 13.3 Å². The van der Waals surface area contributed by atoms with Gasteiger partial charge in [-0.05, 0) is 18.6 Å². The van der Waals surface area contributed by atoms with Gasteiger partial charge in [0.2, 0.25) is 0 Å². The Morgan fingerprint density at radius 2 is 2.00 bits per heavy atom. The van der Waals surface area contributed by atoms with Gasteiger partial charge in [-0.25, -0.2) is 4.79 Å². The van der Waals surface area contributed by atoms with Crippen LogP contribution in [0.15, 0.2) is 24.3 Å². The van der Waals surface area contributed by atoms with Crippen LogP contribution in [0, 0.1) is 0 Å². The molecule has 1 aromatic carbocycles. The average molecular weight is 225 g/mol. The first-order valence-electron chi connectivity index (χ1n) is 5.00. The van der Waals surface area contributed by atoms with E-state index in [2.05, 4.69) is 10.3 Å². The van der Waals surface area contributed by atoms with E-state index in [1.165, 1.54) is 7.11 Å². The summed E-state index contributed by atoms with van der Waals surface area (Å²) >= 11 is 0. The zero-order valence-electron chi connectivity index (χ0n) is 9.36. The summed E-state index contributed by atoms with van der Waals surface area (Å²) < 4.78 is 10.4. The molecule has 0 saturated carbocycles. The second kappa shape index (κ2) is 6.68. The molecular weight excluding hydrogens is 210 g/mol. The normalized spacial score (nSPS) is 9.62. The molecule has 0 aliphatic carbocycles. The van der Waals surface area contributed by atoms with Crippen molar-refractivity contribution in [1.29, 1.82) is 0 Å². The Bertz CT molecular complexity index is 341. The van der Waals surface area contributed by atoms with E-state index in [0.717, 1.165) is 6.42 Å². The Morgan fingerprint density at radius 1 is 1.31 bits per heavy atom. The molecule has 5 nitrogen and oxygen atoms in total. The van der Waals surface area contributed by atoms with Crippen molar-refractivity contribution < 1.29 is 19.1 Å². The van der Waals surface area contributed by atoms with Crippen LogP contribution in [0.25, 0.3) is 0 Å². The van der Waals surface area contributed by atoms with E-state index in [-0.39, 0.29) is 0 Å². The zero-order chi connectivity index (χ0) is 11.8. The van der Waals surface area contributed by atoms with Crippen LogP contribution in [0.4, 0.5) is 4.79 Å². The number of carbonyl (C=O) groups excluding carboxylic acids is 1. The molecule has 1 aromatic rings. The third-order valence-electron chi connectivity index (χ3n) is 1.70. The number of benzene rings is 1. The molecule has 0 saturated heterocycles. The minimum atomic E-state index is -0.685. The maximum atomic E-state index is 11.1. The monoisotopic (exact) mass is 225 g/mol. The van der Waals surface area contributed by atoms with Gasteiger partial charge in [0.25, 0.3) is 0 Å². The van der Waals surface area contributed by atoms with Gasteiger partial charge in [-0.2, -0.15) is 5.48 Å². The molecule has 1 rings (SSSR count). The lowest BCUT2D eigenvalue weighted by molar-refractivity contribution is 0.0838. The Balaban J connectivity index is 2.66. The largest absolute Gasteiger partial charge is 0.490 e. The first-order chi connectivity index (χ1) is 7.77. The van der Waals surface area contributed by atoms with Gasteiger partial charge in [0.05, 0.1) is 13.7 Å². The highest BCUT2D eigenvalue weighted by molar-refractivity contribution is 5.70. The third-order valence-corrected chi connectivity index (χ3v) is 1.70. The van der Waals surface area contributed by atoms with Gasteiger partial charge in [0, 0.05) is 0 Å². The molecule has 16 heavy (non-hydrogen) atoms. The molecule has 88 valence electrons. The van der Waals surface area contributed by atoms with Gasteiger partial charge in [-0.15, -0.1) is 0 Å². The van der Waals surface area contributed by atoms with Crippen molar-refractivity contribution in [2.24, 2.45) is 0 Å². The van der Waals surface area contributed by atoms with Gasteiger partial charge in [-0.3, -0.25) is 4.84 Å². The first-order valence-corrected chi connectivity index (χ1v) is 5.00. The number of hydroxylamine groups is 1. The first kappa shape index (κ1) is 12.3. The van der Waals surface area contributed by atoms with Gasteiger partial charge in [-0.1, -0.05) is 19.1 Å². The molecule has 0 heterocycles. The predicted octanol–water partition coefficient (Wildman–Crippen LogP) is 2.13. The van der Waals surface area contributed by atoms with E-state index in [4.69, 9.17) is 9.47 Å². The summed E-state index contributed by atoms with van der Waals surface area (Å²) in [5.74, 6) is 0.904. The smallest absolute Gasteiger partial charge is 0.436 e. The highest BCUT2D eigenvalue weighted by Crippen LogP contribution is 2.26. The second-order valence-corrected chi connectivity index (χ2v) is 2.99. The van der Waals surface area contributed by atoms with Crippen LogP contribution in [0.3, 0.4) is 0 Å². The standard InChI is InChI=1S/C11H15NO4/c1-3-8-15-9-6-4-5-7-10(9)16-11(13)12-14-2/h4-7H,3,8H2,1-2H3,(H,12,13). The number of para-hydroxylation sites is 2. The molecule has 0 spiro atoms. The number of rotatable bonds is 5. The highest BCUT2D eigenvalue weighted by Gasteiger charge is 2.08. The second-order valence-electron chi connectivity index (χ2n) is 2.99. The van der Waals surface area contributed by atoms with Crippen LogP contribution < -0.4 is 15.0 Å². The number of hydrogen-bond acceptors (Lipinski definition) is 4. The van der Waals surface area contributed by atoms with Crippen molar-refractivity contribution >= 4 is 6.09 Å². The number of ether oxygens (including phenoxy) is 2. The quantitative estimate of drug-likeness (QED) is 0.780. The summed E-state index contributed by atoms with van der Waals surface area (Å²) in [5, 5.41) is 0. The number of amides is 1. The van der Waals surface area contributed by atoms with E-state index in [0.29, 0.717) is 18.1 Å². The number of nitrogens with one attached hydrogen (secondary N) is 1. The van der Waals surface area contributed by atoms with Gasteiger partial charge < -0.3 is 9.47 Å². The summed E-state index contributed by atoms with van der Waals surface area (Å²) in [6.07, 6.45) is 0.202. The van der Waals surface area contributed by atoms with Crippen LogP contribution in [-0.2, 0) is 4.84 Å². The fraction of sp³-hybridized carbons (Fsp3) is 0.364. The Labute approximate surface area is 94.3 Å². The Kier molecular flexibility index (Phi) is 5.15. The minimum Gasteiger partial charge on any atom is -0.490 e. The van der Waals surface area contributed by atoms with E-state index in [9.17, 15) is 4.79 Å². The maximum Gasteiger partial charge on any atom is 0.436 e. The third kappa shape index (κ3) is 3.78. The molecule has 0 radical (unpaired) electrons. The van der Waals surface area contributed by atoms with Crippen LogP contribution in [-0.4, -0.2) is 19.8 Å². The van der Waals surface area contributed by atoms with Crippen LogP contribution >= 0.6 is 0 Å². The van der Waals surface area contributed by atoms with Gasteiger partial charge >= 0.3 is 6.09 Å². The Morgan fingerprint density at radius 3 is 2.62 bits per heavy atom. The maximum absolute atomic E-state index is 11.1. The van der Waals surface area contributed by atoms with E-state index in [1.807, 2.05) is 13.0 Å². The van der Waals surface area contributed by atoms with Crippen molar-refractivity contribution in [1.82, 2.24) is 5.48 Å². The Hall–Kier alpha value is -1.75. The van der Waals surface area contributed by atoms with E-state index in [1.54, 1.807) is 18.2 Å². The van der Waals surface area contributed by atoms with E-state index >= 15 is 0 Å². The molecule has 0 unspecified atom stereocenters. The lowest BCUT2D eigenvalue weighted by Gasteiger charge is -2.10. The van der Waals surface area contributed by atoms with E-state index < -0.39 is 6.09 Å². The fourth-order valence-corrected chi connectivity index (χ4v) is 1.07. The summed E-state index contributed by atoms with van der Waals surface area (Å²) in [7, 11) is 1.33. The molecule has 1 N–H and O–H groups in total. The predicted molar refractivity (Wildman–Crippen MR) is 58.4 cm³/mol.